The van der Waals surface area contributed by atoms with Crippen molar-refractivity contribution in [2.45, 2.75) is 13.1 Å². The number of aromatic amines is 1. The summed E-state index contributed by atoms with van der Waals surface area (Å²) in [5.74, 6) is 1.70. The fraction of sp³-hybridized carbons (Fsp3) is 0.174. The van der Waals surface area contributed by atoms with Crippen LogP contribution in [0.5, 0.6) is 0 Å². The third kappa shape index (κ3) is 4.96. The minimum atomic E-state index is 0. The van der Waals surface area contributed by atoms with Crippen LogP contribution < -0.4 is 5.32 Å². The highest BCUT2D eigenvalue weighted by Crippen LogP contribution is 2.17. The summed E-state index contributed by atoms with van der Waals surface area (Å²) in [5.41, 5.74) is 4.33. The monoisotopic (exact) mass is 512 g/mol. The first-order valence-electron chi connectivity index (χ1n) is 9.58. The van der Waals surface area contributed by atoms with E-state index in [0.29, 0.717) is 13.1 Å². The van der Waals surface area contributed by atoms with Crippen LogP contribution in [0.15, 0.2) is 78.0 Å². The first-order chi connectivity index (χ1) is 14.2. The highest BCUT2D eigenvalue weighted by Gasteiger charge is 2.10. The largest absolute Gasteiger partial charge is 0.352 e. The molecule has 0 bridgehead atoms. The molecule has 0 aliphatic rings. The summed E-state index contributed by atoms with van der Waals surface area (Å²) < 4.78 is 0. The van der Waals surface area contributed by atoms with Crippen LogP contribution in [-0.4, -0.2) is 39.9 Å². The Hall–Kier alpha value is -2.94. The lowest BCUT2D eigenvalue weighted by molar-refractivity contribution is 0.464. The zero-order chi connectivity index (χ0) is 20.1. The molecular formula is C23H25IN6. The molecule has 2 aromatic heterocycles. The predicted molar refractivity (Wildman–Crippen MR) is 133 cm³/mol. The first-order valence-corrected chi connectivity index (χ1v) is 9.58. The number of aromatic nitrogens is 3. The van der Waals surface area contributed by atoms with Crippen LogP contribution >= 0.6 is 24.0 Å². The van der Waals surface area contributed by atoms with E-state index in [-0.39, 0.29) is 24.0 Å². The molecule has 0 radical (unpaired) electrons. The Morgan fingerprint density at radius 3 is 2.60 bits per heavy atom. The van der Waals surface area contributed by atoms with Crippen LogP contribution in [0.25, 0.3) is 22.2 Å². The molecular weight excluding hydrogens is 487 g/mol. The zero-order valence-electron chi connectivity index (χ0n) is 17.0. The fourth-order valence-corrected chi connectivity index (χ4v) is 3.38. The molecule has 2 heterocycles. The van der Waals surface area contributed by atoms with Gasteiger partial charge in [-0.25, -0.2) is 4.98 Å². The maximum Gasteiger partial charge on any atom is 0.194 e. The van der Waals surface area contributed by atoms with E-state index >= 15 is 0 Å². The maximum absolute atomic E-state index is 4.52. The molecule has 154 valence electrons. The molecule has 6 nitrogen and oxygen atoms in total. The minimum absolute atomic E-state index is 0. The molecule has 0 saturated heterocycles. The normalized spacial score (nSPS) is 11.2. The van der Waals surface area contributed by atoms with Gasteiger partial charge in [0.15, 0.2) is 5.96 Å². The van der Waals surface area contributed by atoms with E-state index in [4.69, 9.17) is 0 Å². The third-order valence-corrected chi connectivity index (χ3v) is 4.85. The Morgan fingerprint density at radius 2 is 1.80 bits per heavy atom. The standard InChI is InChI=1S/C23H24N6.HI/c1-24-23(27-14-18-12-13-25-20-11-7-6-10-19(18)20)29(2)16-22-26-15-21(28-22)17-8-4-3-5-9-17;/h3-13,15H,14,16H2,1-2H3,(H,24,27)(H,26,28);1H. The molecule has 0 spiro atoms. The van der Waals surface area contributed by atoms with Gasteiger partial charge < -0.3 is 15.2 Å². The number of halogens is 1. The van der Waals surface area contributed by atoms with E-state index in [2.05, 4.69) is 48.4 Å². The first kappa shape index (κ1) is 21.8. The Bertz CT molecular complexity index is 1120. The average Bonchev–Trinajstić information content (AvgIpc) is 3.23. The number of hydrogen-bond donors (Lipinski definition) is 2. The third-order valence-electron chi connectivity index (χ3n) is 4.85. The molecule has 30 heavy (non-hydrogen) atoms. The van der Waals surface area contributed by atoms with Crippen LogP contribution in [-0.2, 0) is 13.1 Å². The predicted octanol–water partition coefficient (Wildman–Crippen LogP) is 4.45. The lowest BCUT2D eigenvalue weighted by Gasteiger charge is -2.21. The average molecular weight is 512 g/mol. The molecule has 0 fully saturated rings. The van der Waals surface area contributed by atoms with Crippen molar-refractivity contribution in [2.24, 2.45) is 4.99 Å². The highest BCUT2D eigenvalue weighted by molar-refractivity contribution is 14.0. The molecule has 0 aliphatic heterocycles. The second-order valence-electron chi connectivity index (χ2n) is 6.85. The van der Waals surface area contributed by atoms with Crippen molar-refractivity contribution in [3.8, 4) is 11.3 Å². The van der Waals surface area contributed by atoms with Gasteiger partial charge in [-0.2, -0.15) is 0 Å². The molecule has 0 amide bonds. The Balaban J connectivity index is 0.00000256. The van der Waals surface area contributed by atoms with E-state index in [0.717, 1.165) is 33.9 Å². The van der Waals surface area contributed by atoms with E-state index in [1.54, 1.807) is 7.05 Å². The second kappa shape index (κ2) is 10.2. The Morgan fingerprint density at radius 1 is 1.03 bits per heavy atom. The molecule has 4 aromatic rings. The molecule has 2 N–H and O–H groups in total. The summed E-state index contributed by atoms with van der Waals surface area (Å²) in [6.07, 6.45) is 3.72. The number of guanidine groups is 1. The fourth-order valence-electron chi connectivity index (χ4n) is 3.38. The number of hydrogen-bond acceptors (Lipinski definition) is 3. The van der Waals surface area contributed by atoms with Crippen molar-refractivity contribution in [1.29, 1.82) is 0 Å². The summed E-state index contributed by atoms with van der Waals surface area (Å²) in [6, 6.07) is 20.4. The van der Waals surface area contributed by atoms with Crippen LogP contribution in [0.3, 0.4) is 0 Å². The Kier molecular flexibility index (Phi) is 7.40. The van der Waals surface area contributed by atoms with Crippen molar-refractivity contribution in [1.82, 2.24) is 25.2 Å². The number of pyridine rings is 1. The highest BCUT2D eigenvalue weighted by atomic mass is 127. The number of fused-ring (bicyclic) bond motifs is 1. The zero-order valence-corrected chi connectivity index (χ0v) is 19.4. The maximum atomic E-state index is 4.52. The molecule has 0 saturated carbocycles. The quantitative estimate of drug-likeness (QED) is 0.236. The summed E-state index contributed by atoms with van der Waals surface area (Å²) in [6.45, 7) is 1.30. The smallest absolute Gasteiger partial charge is 0.194 e. The molecule has 2 aromatic carbocycles. The van der Waals surface area contributed by atoms with Crippen LogP contribution in [0.1, 0.15) is 11.4 Å². The van der Waals surface area contributed by atoms with Gasteiger partial charge in [0.2, 0.25) is 0 Å². The topological polar surface area (TPSA) is 69.2 Å². The van der Waals surface area contributed by atoms with Crippen LogP contribution in [0.4, 0.5) is 0 Å². The SMILES string of the molecule is CN=C(NCc1ccnc2ccccc12)N(C)Cc1ncc(-c2ccccc2)[nH]1.I. The van der Waals surface area contributed by atoms with Gasteiger partial charge in [-0.05, 0) is 23.3 Å². The van der Waals surface area contributed by atoms with Gasteiger partial charge in [0.05, 0.1) is 24.0 Å². The van der Waals surface area contributed by atoms with Crippen molar-refractivity contribution in [2.75, 3.05) is 14.1 Å². The number of H-pyrrole nitrogens is 1. The minimum Gasteiger partial charge on any atom is -0.352 e. The van der Waals surface area contributed by atoms with E-state index in [1.807, 2.05) is 61.9 Å². The number of benzene rings is 2. The number of nitrogens with one attached hydrogen (secondary N) is 2. The molecule has 4 rings (SSSR count). The van der Waals surface area contributed by atoms with E-state index in [1.165, 1.54) is 5.56 Å². The number of nitrogens with zero attached hydrogens (tertiary/aromatic N) is 4. The lowest BCUT2D eigenvalue weighted by Crippen LogP contribution is -2.38. The lowest BCUT2D eigenvalue weighted by atomic mass is 10.1. The van der Waals surface area contributed by atoms with Crippen molar-refractivity contribution >= 4 is 40.8 Å². The van der Waals surface area contributed by atoms with Crippen LogP contribution in [0, 0.1) is 0 Å². The number of imidazole rings is 1. The second-order valence-corrected chi connectivity index (χ2v) is 6.85. The van der Waals surface area contributed by atoms with E-state index in [9.17, 15) is 0 Å². The van der Waals surface area contributed by atoms with Gasteiger partial charge in [0.1, 0.15) is 5.82 Å². The van der Waals surface area contributed by atoms with E-state index < -0.39 is 0 Å². The molecule has 0 atom stereocenters. The summed E-state index contributed by atoms with van der Waals surface area (Å²) in [4.78, 5) is 18.8. The number of rotatable bonds is 5. The molecule has 0 unspecified atom stereocenters. The van der Waals surface area contributed by atoms with Crippen LogP contribution in [0.2, 0.25) is 0 Å². The Labute approximate surface area is 193 Å². The van der Waals surface area contributed by atoms with Crippen molar-refractivity contribution in [3.63, 3.8) is 0 Å². The van der Waals surface area contributed by atoms with Gasteiger partial charge in [-0.3, -0.25) is 9.98 Å². The number of aliphatic imine (C=N–C) groups is 1. The summed E-state index contributed by atoms with van der Waals surface area (Å²) in [5, 5.41) is 4.59. The van der Waals surface area contributed by atoms with Gasteiger partial charge in [-0.15, -0.1) is 24.0 Å². The van der Waals surface area contributed by atoms with Gasteiger partial charge in [0, 0.05) is 32.2 Å². The van der Waals surface area contributed by atoms with Gasteiger partial charge in [0.25, 0.3) is 0 Å². The molecule has 0 aliphatic carbocycles. The summed E-state index contributed by atoms with van der Waals surface area (Å²) >= 11 is 0. The van der Waals surface area contributed by atoms with Gasteiger partial charge >= 0.3 is 0 Å². The van der Waals surface area contributed by atoms with Crippen molar-refractivity contribution in [3.05, 3.63) is 84.4 Å². The summed E-state index contributed by atoms with van der Waals surface area (Å²) in [7, 11) is 3.80. The van der Waals surface area contributed by atoms with Gasteiger partial charge in [-0.1, -0.05) is 48.5 Å². The number of para-hydroxylation sites is 1. The molecule has 7 heteroatoms. The van der Waals surface area contributed by atoms with Crippen molar-refractivity contribution < 1.29 is 0 Å².